The van der Waals surface area contributed by atoms with Crippen LogP contribution in [0.4, 0.5) is 19.0 Å². The minimum atomic E-state index is -4.56. The van der Waals surface area contributed by atoms with Crippen molar-refractivity contribution in [2.24, 2.45) is 5.73 Å². The highest BCUT2D eigenvalue weighted by molar-refractivity contribution is 7.99. The number of amides is 1. The SMILES string of the molecule is CSC(C)CNc1nc(C(F)(F)F)ccc1C(N)=O. The number of nitrogens with zero attached hydrogens (tertiary/aromatic N) is 1. The van der Waals surface area contributed by atoms with E-state index in [1.165, 1.54) is 11.8 Å². The zero-order valence-corrected chi connectivity index (χ0v) is 11.2. The van der Waals surface area contributed by atoms with Crippen molar-refractivity contribution in [1.82, 2.24) is 4.98 Å². The Morgan fingerprint density at radius 1 is 1.53 bits per heavy atom. The lowest BCUT2D eigenvalue weighted by Crippen LogP contribution is -2.21. The summed E-state index contributed by atoms with van der Waals surface area (Å²) in [6, 6.07) is 1.77. The van der Waals surface area contributed by atoms with E-state index < -0.39 is 17.8 Å². The standard InChI is InChI=1S/C11H14F3N3OS/c1-6(19-2)5-16-10-7(9(15)18)3-4-8(17-10)11(12,13)14/h3-4,6H,5H2,1-2H3,(H2,15,18)(H,16,17). The number of primary amides is 1. The second-order valence-electron chi connectivity index (χ2n) is 3.88. The van der Waals surface area contributed by atoms with Crippen LogP contribution in [0.3, 0.4) is 0 Å². The fourth-order valence-electron chi connectivity index (χ4n) is 1.27. The summed E-state index contributed by atoms with van der Waals surface area (Å²) >= 11 is 1.54. The minimum Gasteiger partial charge on any atom is -0.368 e. The number of pyridine rings is 1. The van der Waals surface area contributed by atoms with Gasteiger partial charge in [0.25, 0.3) is 5.91 Å². The first-order chi connectivity index (χ1) is 8.75. The number of nitrogens with one attached hydrogen (secondary N) is 1. The number of carbonyl (C=O) groups is 1. The smallest absolute Gasteiger partial charge is 0.368 e. The summed E-state index contributed by atoms with van der Waals surface area (Å²) < 4.78 is 37.7. The number of aromatic nitrogens is 1. The number of nitrogens with two attached hydrogens (primary N) is 1. The molecule has 1 aromatic rings. The first-order valence-electron chi connectivity index (χ1n) is 5.40. The molecule has 0 spiro atoms. The number of carbonyl (C=O) groups excluding carboxylic acids is 1. The molecule has 0 aliphatic carbocycles. The molecule has 4 nitrogen and oxygen atoms in total. The number of hydrogen-bond donors (Lipinski definition) is 2. The monoisotopic (exact) mass is 293 g/mol. The van der Waals surface area contributed by atoms with Crippen LogP contribution in [0.1, 0.15) is 23.0 Å². The summed E-state index contributed by atoms with van der Waals surface area (Å²) in [6.07, 6.45) is -2.68. The molecule has 0 bridgehead atoms. The van der Waals surface area contributed by atoms with Crippen LogP contribution in [0.5, 0.6) is 0 Å². The van der Waals surface area contributed by atoms with E-state index in [4.69, 9.17) is 5.73 Å². The van der Waals surface area contributed by atoms with E-state index in [2.05, 4.69) is 10.3 Å². The minimum absolute atomic E-state index is 0.0543. The Bertz CT molecular complexity index is 465. The number of hydrogen-bond acceptors (Lipinski definition) is 4. The number of rotatable bonds is 5. The van der Waals surface area contributed by atoms with E-state index in [0.717, 1.165) is 12.1 Å². The van der Waals surface area contributed by atoms with Crippen molar-refractivity contribution in [3.05, 3.63) is 23.4 Å². The van der Waals surface area contributed by atoms with Gasteiger partial charge in [0.2, 0.25) is 0 Å². The number of halogens is 3. The van der Waals surface area contributed by atoms with Gasteiger partial charge in [-0.25, -0.2) is 4.98 Å². The summed E-state index contributed by atoms with van der Waals surface area (Å²) in [5.74, 6) is -0.955. The fourth-order valence-corrected chi connectivity index (χ4v) is 1.52. The molecule has 0 aromatic carbocycles. The number of anilines is 1. The molecule has 0 aliphatic rings. The van der Waals surface area contributed by atoms with Crippen LogP contribution in [0.15, 0.2) is 12.1 Å². The van der Waals surface area contributed by atoms with Gasteiger partial charge < -0.3 is 11.1 Å². The molecule has 0 saturated carbocycles. The lowest BCUT2D eigenvalue weighted by Gasteiger charge is -2.14. The normalized spacial score (nSPS) is 13.1. The molecule has 0 fully saturated rings. The second kappa shape index (κ2) is 6.14. The third kappa shape index (κ3) is 4.30. The summed E-state index contributed by atoms with van der Waals surface area (Å²) in [5.41, 5.74) is 3.99. The van der Waals surface area contributed by atoms with E-state index in [0.29, 0.717) is 6.54 Å². The van der Waals surface area contributed by atoms with Crippen molar-refractivity contribution in [1.29, 1.82) is 0 Å². The molecule has 0 saturated heterocycles. The van der Waals surface area contributed by atoms with Gasteiger partial charge in [0, 0.05) is 11.8 Å². The van der Waals surface area contributed by atoms with Crippen LogP contribution in [-0.4, -0.2) is 28.9 Å². The zero-order valence-electron chi connectivity index (χ0n) is 10.4. The lowest BCUT2D eigenvalue weighted by atomic mass is 10.2. The maximum atomic E-state index is 12.6. The van der Waals surface area contributed by atoms with Gasteiger partial charge in [-0.1, -0.05) is 6.92 Å². The Hall–Kier alpha value is -1.44. The van der Waals surface area contributed by atoms with Crippen LogP contribution >= 0.6 is 11.8 Å². The predicted molar refractivity (Wildman–Crippen MR) is 69.2 cm³/mol. The molecule has 1 rings (SSSR count). The molecule has 1 atom stereocenters. The van der Waals surface area contributed by atoms with Crippen LogP contribution in [-0.2, 0) is 6.18 Å². The molecular formula is C11H14F3N3OS. The fraction of sp³-hybridized carbons (Fsp3) is 0.455. The molecule has 1 heterocycles. The Labute approximate surface area is 113 Å². The third-order valence-corrected chi connectivity index (χ3v) is 3.38. The molecule has 106 valence electrons. The Kier molecular flexibility index (Phi) is 5.04. The topological polar surface area (TPSA) is 68.0 Å². The summed E-state index contributed by atoms with van der Waals surface area (Å²) in [4.78, 5) is 14.6. The molecule has 0 radical (unpaired) electrons. The first kappa shape index (κ1) is 15.6. The highest BCUT2D eigenvalue weighted by Gasteiger charge is 2.33. The predicted octanol–water partition coefficient (Wildman–Crippen LogP) is 2.36. The molecule has 19 heavy (non-hydrogen) atoms. The van der Waals surface area contributed by atoms with Gasteiger partial charge in [-0.05, 0) is 18.4 Å². The largest absolute Gasteiger partial charge is 0.433 e. The molecule has 1 unspecified atom stereocenters. The van der Waals surface area contributed by atoms with Gasteiger partial charge in [0.05, 0.1) is 5.56 Å². The molecular weight excluding hydrogens is 279 g/mol. The van der Waals surface area contributed by atoms with Crippen molar-refractivity contribution in [3.8, 4) is 0 Å². The summed E-state index contributed by atoms with van der Waals surface area (Å²) in [7, 11) is 0. The van der Waals surface area contributed by atoms with Gasteiger partial charge in [-0.3, -0.25) is 4.79 Å². The van der Waals surface area contributed by atoms with Gasteiger partial charge >= 0.3 is 6.18 Å². The van der Waals surface area contributed by atoms with Gasteiger partial charge in [-0.2, -0.15) is 24.9 Å². The van der Waals surface area contributed by atoms with E-state index >= 15 is 0 Å². The number of thioether (sulfide) groups is 1. The Morgan fingerprint density at radius 3 is 2.63 bits per heavy atom. The maximum Gasteiger partial charge on any atom is 0.433 e. The molecule has 3 N–H and O–H groups in total. The van der Waals surface area contributed by atoms with Gasteiger partial charge in [-0.15, -0.1) is 0 Å². The molecule has 1 amide bonds. The van der Waals surface area contributed by atoms with Crippen molar-refractivity contribution in [2.45, 2.75) is 18.3 Å². The van der Waals surface area contributed by atoms with Gasteiger partial charge in [0.15, 0.2) is 0 Å². The van der Waals surface area contributed by atoms with E-state index in [-0.39, 0.29) is 16.6 Å². The summed E-state index contributed by atoms with van der Waals surface area (Å²) in [6.45, 7) is 2.28. The highest BCUT2D eigenvalue weighted by Crippen LogP contribution is 2.29. The van der Waals surface area contributed by atoms with Crippen molar-refractivity contribution in [3.63, 3.8) is 0 Å². The van der Waals surface area contributed by atoms with Crippen LogP contribution in [0.25, 0.3) is 0 Å². The van der Waals surface area contributed by atoms with Gasteiger partial charge in [0.1, 0.15) is 11.5 Å². The Balaban J connectivity index is 3.06. The van der Waals surface area contributed by atoms with Crippen molar-refractivity contribution >= 4 is 23.5 Å². The first-order valence-corrected chi connectivity index (χ1v) is 6.69. The molecule has 0 aliphatic heterocycles. The lowest BCUT2D eigenvalue weighted by molar-refractivity contribution is -0.141. The van der Waals surface area contributed by atoms with Crippen LogP contribution < -0.4 is 11.1 Å². The van der Waals surface area contributed by atoms with Crippen molar-refractivity contribution < 1.29 is 18.0 Å². The van der Waals surface area contributed by atoms with E-state index in [1.807, 2.05) is 13.2 Å². The average Bonchev–Trinajstić information content (AvgIpc) is 2.34. The molecule has 1 aromatic heterocycles. The van der Waals surface area contributed by atoms with Crippen LogP contribution in [0, 0.1) is 0 Å². The molecule has 8 heteroatoms. The van der Waals surface area contributed by atoms with Crippen molar-refractivity contribution in [2.75, 3.05) is 18.1 Å². The van der Waals surface area contributed by atoms with E-state index in [9.17, 15) is 18.0 Å². The Morgan fingerprint density at radius 2 is 2.16 bits per heavy atom. The van der Waals surface area contributed by atoms with E-state index in [1.54, 1.807) is 0 Å². The second-order valence-corrected chi connectivity index (χ2v) is 5.16. The average molecular weight is 293 g/mol. The quantitative estimate of drug-likeness (QED) is 0.874. The maximum absolute atomic E-state index is 12.6. The highest BCUT2D eigenvalue weighted by atomic mass is 32.2. The zero-order chi connectivity index (χ0) is 14.6. The third-order valence-electron chi connectivity index (χ3n) is 2.41. The van der Waals surface area contributed by atoms with Crippen LogP contribution in [0.2, 0.25) is 0 Å². The number of alkyl halides is 3. The summed E-state index contributed by atoms with van der Waals surface area (Å²) in [5, 5.41) is 2.89.